The first-order valence-corrected chi connectivity index (χ1v) is 4.11. The Labute approximate surface area is 81.8 Å². The van der Waals surface area contributed by atoms with E-state index in [4.69, 9.17) is 16.3 Å². The lowest BCUT2D eigenvalue weighted by molar-refractivity contribution is -0.104. The Bertz CT molecular complexity index is 332. The largest absolute Gasteiger partial charge is 0.495 e. The number of aldehydes is 1. The molecule has 1 aromatic carbocycles. The molecule has 0 bridgehead atoms. The van der Waals surface area contributed by atoms with Crippen LogP contribution < -0.4 is 4.74 Å². The van der Waals surface area contributed by atoms with Gasteiger partial charge in [0.1, 0.15) is 12.0 Å². The third kappa shape index (κ3) is 2.60. The Balaban J connectivity index is 2.99. The van der Waals surface area contributed by atoms with Crippen molar-refractivity contribution in [3.8, 4) is 5.75 Å². The first kappa shape index (κ1) is 9.81. The van der Waals surface area contributed by atoms with Crippen LogP contribution in [-0.2, 0) is 4.79 Å². The summed E-state index contributed by atoms with van der Waals surface area (Å²) in [5, 5.41) is 0.561. The monoisotopic (exact) mass is 196 g/mol. The van der Waals surface area contributed by atoms with Crippen LogP contribution in [0.5, 0.6) is 5.75 Å². The fraction of sp³-hybridized carbons (Fsp3) is 0.100. The van der Waals surface area contributed by atoms with Crippen LogP contribution in [0.15, 0.2) is 24.3 Å². The van der Waals surface area contributed by atoms with E-state index < -0.39 is 0 Å². The second kappa shape index (κ2) is 4.67. The highest BCUT2D eigenvalue weighted by molar-refractivity contribution is 6.32. The number of halogens is 1. The molecule has 0 amide bonds. The van der Waals surface area contributed by atoms with E-state index in [0.29, 0.717) is 10.8 Å². The second-order valence-corrected chi connectivity index (χ2v) is 2.80. The van der Waals surface area contributed by atoms with Gasteiger partial charge in [0.05, 0.1) is 12.1 Å². The lowest BCUT2D eigenvalue weighted by atomic mass is 10.2. The number of benzene rings is 1. The SMILES string of the molecule is COc1cc(C=CC=O)ccc1Cl. The van der Waals surface area contributed by atoms with Crippen LogP contribution in [0.2, 0.25) is 5.02 Å². The number of ether oxygens (including phenoxy) is 1. The van der Waals surface area contributed by atoms with Crippen molar-refractivity contribution in [2.45, 2.75) is 0 Å². The summed E-state index contributed by atoms with van der Waals surface area (Å²) >= 11 is 5.81. The molecule has 0 N–H and O–H groups in total. The molecule has 0 saturated carbocycles. The number of carbonyl (C=O) groups is 1. The minimum Gasteiger partial charge on any atom is -0.495 e. The van der Waals surface area contributed by atoms with E-state index in [1.165, 1.54) is 6.08 Å². The molecule has 13 heavy (non-hydrogen) atoms. The van der Waals surface area contributed by atoms with Crippen LogP contribution in [0.3, 0.4) is 0 Å². The molecule has 0 radical (unpaired) electrons. The molecule has 0 aliphatic carbocycles. The van der Waals surface area contributed by atoms with E-state index in [-0.39, 0.29) is 0 Å². The summed E-state index contributed by atoms with van der Waals surface area (Å²) in [5.74, 6) is 0.606. The van der Waals surface area contributed by atoms with E-state index in [9.17, 15) is 4.79 Å². The number of methoxy groups -OCH3 is 1. The number of hydrogen-bond donors (Lipinski definition) is 0. The standard InChI is InChI=1S/C10H9ClO2/c1-13-10-7-8(3-2-6-12)4-5-9(10)11/h2-7H,1H3. The van der Waals surface area contributed by atoms with Crippen LogP contribution in [0.4, 0.5) is 0 Å². The molecule has 0 aliphatic heterocycles. The minimum atomic E-state index is 0.561. The molecule has 0 atom stereocenters. The van der Waals surface area contributed by atoms with Crippen molar-refractivity contribution in [3.05, 3.63) is 34.9 Å². The Morgan fingerprint density at radius 1 is 1.46 bits per heavy atom. The van der Waals surface area contributed by atoms with Crippen molar-refractivity contribution < 1.29 is 9.53 Å². The van der Waals surface area contributed by atoms with Crippen molar-refractivity contribution in [3.63, 3.8) is 0 Å². The lowest BCUT2D eigenvalue weighted by Crippen LogP contribution is -1.84. The minimum absolute atomic E-state index is 0.561. The summed E-state index contributed by atoms with van der Waals surface area (Å²) in [6.45, 7) is 0. The first-order chi connectivity index (χ1) is 6.27. The Hall–Kier alpha value is -1.28. The molecule has 1 aromatic rings. The molecule has 68 valence electrons. The summed E-state index contributed by atoms with van der Waals surface area (Å²) in [6.07, 6.45) is 3.83. The van der Waals surface area contributed by atoms with E-state index >= 15 is 0 Å². The van der Waals surface area contributed by atoms with Crippen LogP contribution in [-0.4, -0.2) is 13.4 Å². The van der Waals surface area contributed by atoms with Crippen molar-refractivity contribution in [1.29, 1.82) is 0 Å². The van der Waals surface area contributed by atoms with Gasteiger partial charge >= 0.3 is 0 Å². The zero-order valence-corrected chi connectivity index (χ0v) is 7.91. The predicted molar refractivity (Wildman–Crippen MR) is 53.1 cm³/mol. The average molecular weight is 197 g/mol. The third-order valence-corrected chi connectivity index (χ3v) is 1.85. The molecule has 1 rings (SSSR count). The van der Waals surface area contributed by atoms with Crippen molar-refractivity contribution in [2.24, 2.45) is 0 Å². The Morgan fingerprint density at radius 2 is 2.23 bits per heavy atom. The van der Waals surface area contributed by atoms with Crippen molar-refractivity contribution in [1.82, 2.24) is 0 Å². The maximum atomic E-state index is 10.1. The van der Waals surface area contributed by atoms with Crippen molar-refractivity contribution in [2.75, 3.05) is 7.11 Å². The highest BCUT2D eigenvalue weighted by Crippen LogP contribution is 2.25. The van der Waals surface area contributed by atoms with Crippen molar-refractivity contribution >= 4 is 24.0 Å². The van der Waals surface area contributed by atoms with E-state index in [1.807, 2.05) is 6.07 Å². The molecular weight excluding hydrogens is 188 g/mol. The van der Waals surface area contributed by atoms with Crippen LogP contribution in [0, 0.1) is 0 Å². The van der Waals surface area contributed by atoms with Gasteiger partial charge in [-0.05, 0) is 23.8 Å². The molecule has 0 saturated heterocycles. The number of rotatable bonds is 3. The van der Waals surface area contributed by atoms with Gasteiger partial charge in [0.15, 0.2) is 0 Å². The fourth-order valence-corrected chi connectivity index (χ4v) is 1.13. The fourth-order valence-electron chi connectivity index (χ4n) is 0.930. The second-order valence-electron chi connectivity index (χ2n) is 2.39. The molecule has 2 nitrogen and oxygen atoms in total. The van der Waals surface area contributed by atoms with Gasteiger partial charge in [-0.25, -0.2) is 0 Å². The van der Waals surface area contributed by atoms with Gasteiger partial charge in [0, 0.05) is 0 Å². The van der Waals surface area contributed by atoms with E-state index in [1.54, 1.807) is 25.3 Å². The van der Waals surface area contributed by atoms with Gasteiger partial charge < -0.3 is 4.74 Å². The molecule has 0 fully saturated rings. The Morgan fingerprint density at radius 3 is 2.85 bits per heavy atom. The summed E-state index contributed by atoms with van der Waals surface area (Å²) < 4.78 is 5.01. The zero-order chi connectivity index (χ0) is 9.68. The maximum absolute atomic E-state index is 10.1. The normalized spacial score (nSPS) is 10.3. The van der Waals surface area contributed by atoms with Gasteiger partial charge in [-0.15, -0.1) is 0 Å². The summed E-state index contributed by atoms with van der Waals surface area (Å²) in [6, 6.07) is 5.30. The first-order valence-electron chi connectivity index (χ1n) is 3.73. The number of hydrogen-bond acceptors (Lipinski definition) is 2. The van der Waals surface area contributed by atoms with E-state index in [2.05, 4.69) is 0 Å². The smallest absolute Gasteiger partial charge is 0.142 e. The molecule has 3 heteroatoms. The zero-order valence-electron chi connectivity index (χ0n) is 7.16. The summed E-state index contributed by atoms with van der Waals surface area (Å²) in [4.78, 5) is 10.1. The molecule has 0 aliphatic rings. The quantitative estimate of drug-likeness (QED) is 0.549. The van der Waals surface area contributed by atoms with Gasteiger partial charge in [-0.1, -0.05) is 23.7 Å². The summed E-state index contributed by atoms with van der Waals surface area (Å²) in [5.41, 5.74) is 0.883. The maximum Gasteiger partial charge on any atom is 0.142 e. The Kier molecular flexibility index (Phi) is 3.53. The summed E-state index contributed by atoms with van der Waals surface area (Å²) in [7, 11) is 1.55. The van der Waals surface area contributed by atoms with Gasteiger partial charge in [-0.3, -0.25) is 4.79 Å². The molecule has 0 heterocycles. The van der Waals surface area contributed by atoms with E-state index in [0.717, 1.165) is 11.8 Å². The third-order valence-electron chi connectivity index (χ3n) is 1.54. The number of allylic oxidation sites excluding steroid dienone is 1. The molecule has 0 unspecified atom stereocenters. The average Bonchev–Trinajstić information content (AvgIpc) is 2.16. The lowest BCUT2D eigenvalue weighted by Gasteiger charge is -2.02. The van der Waals surface area contributed by atoms with Crippen LogP contribution >= 0.6 is 11.6 Å². The molecular formula is C10H9ClO2. The van der Waals surface area contributed by atoms with Crippen LogP contribution in [0.25, 0.3) is 6.08 Å². The van der Waals surface area contributed by atoms with Gasteiger partial charge in [-0.2, -0.15) is 0 Å². The highest BCUT2D eigenvalue weighted by Gasteiger charge is 1.98. The molecule has 0 aromatic heterocycles. The number of carbonyl (C=O) groups excluding carboxylic acids is 1. The molecule has 0 spiro atoms. The highest BCUT2D eigenvalue weighted by atomic mass is 35.5. The predicted octanol–water partition coefficient (Wildman–Crippen LogP) is 2.56. The topological polar surface area (TPSA) is 26.3 Å². The van der Waals surface area contributed by atoms with Gasteiger partial charge in [0.25, 0.3) is 0 Å². The van der Waals surface area contributed by atoms with Gasteiger partial charge in [0.2, 0.25) is 0 Å². The van der Waals surface area contributed by atoms with Crippen LogP contribution in [0.1, 0.15) is 5.56 Å².